The largest absolute Gasteiger partial charge is 0.460 e. The molecule has 4 heteroatoms. The lowest BCUT2D eigenvalue weighted by molar-refractivity contribution is 0.418. The van der Waals surface area contributed by atoms with Crippen LogP contribution in [0.25, 0.3) is 60.6 Å². The summed E-state index contributed by atoms with van der Waals surface area (Å²) < 4.78 is 20.1. The average molecular weight is 748 g/mol. The Balaban J connectivity index is 0.973. The minimum Gasteiger partial charge on any atom is -0.460 e. The number of ether oxygens (including phenoxy) is 1. The van der Waals surface area contributed by atoms with Crippen molar-refractivity contribution in [2.45, 2.75) is 24.7 Å². The maximum atomic E-state index is 6.91. The molecule has 276 valence electrons. The number of benzene rings is 7. The summed E-state index contributed by atoms with van der Waals surface area (Å²) in [5, 5.41) is 4.40. The molecule has 9 aromatic rings. The predicted molar refractivity (Wildman–Crippen MR) is 237 cm³/mol. The second kappa shape index (κ2) is 13.1. The molecule has 12 rings (SSSR count). The summed E-state index contributed by atoms with van der Waals surface area (Å²) in [5.74, 6) is 1.94. The van der Waals surface area contributed by atoms with Crippen molar-refractivity contribution in [3.05, 3.63) is 211 Å². The number of para-hydroxylation sites is 3. The molecule has 7 aromatic carbocycles. The molecule has 1 aliphatic heterocycles. The van der Waals surface area contributed by atoms with Crippen molar-refractivity contribution in [2.75, 3.05) is 4.90 Å². The van der Waals surface area contributed by atoms with E-state index < -0.39 is 0 Å². The fourth-order valence-electron chi connectivity index (χ4n) is 9.49. The molecule has 0 fully saturated rings. The van der Waals surface area contributed by atoms with Crippen molar-refractivity contribution in [1.29, 1.82) is 0 Å². The van der Waals surface area contributed by atoms with Gasteiger partial charge < -0.3 is 18.5 Å². The SMILES string of the molecule is C1=CCCC(c2ccc(N(c3ccc(C4C=CC=C5Oc6c(cc7oc8ccccc8c7c6-c6ccccc6)C54)cc3)c3cccc4c3oc3ccccc34)cc2)=C1. The summed E-state index contributed by atoms with van der Waals surface area (Å²) in [6.45, 7) is 0. The summed E-state index contributed by atoms with van der Waals surface area (Å²) in [4.78, 5) is 2.33. The van der Waals surface area contributed by atoms with Gasteiger partial charge in [0.15, 0.2) is 5.58 Å². The molecule has 0 radical (unpaired) electrons. The van der Waals surface area contributed by atoms with Crippen LogP contribution in [0.5, 0.6) is 5.75 Å². The number of anilines is 3. The van der Waals surface area contributed by atoms with Gasteiger partial charge in [0, 0.05) is 50.0 Å². The van der Waals surface area contributed by atoms with Crippen molar-refractivity contribution in [3.8, 4) is 16.9 Å². The highest BCUT2D eigenvalue weighted by atomic mass is 16.5. The van der Waals surface area contributed by atoms with E-state index >= 15 is 0 Å². The molecule has 0 saturated carbocycles. The van der Waals surface area contributed by atoms with Crippen molar-refractivity contribution < 1.29 is 13.6 Å². The van der Waals surface area contributed by atoms with Gasteiger partial charge in [-0.15, -0.1) is 0 Å². The summed E-state index contributed by atoms with van der Waals surface area (Å²) in [6.07, 6.45) is 15.4. The lowest BCUT2D eigenvalue weighted by Gasteiger charge is -2.27. The van der Waals surface area contributed by atoms with Gasteiger partial charge in [-0.25, -0.2) is 0 Å². The molecular weight excluding hydrogens is 711 g/mol. The van der Waals surface area contributed by atoms with E-state index in [9.17, 15) is 0 Å². The summed E-state index contributed by atoms with van der Waals surface area (Å²) in [6, 6.07) is 53.9. The first-order chi connectivity index (χ1) is 28.8. The zero-order valence-corrected chi connectivity index (χ0v) is 31.6. The molecule has 2 aliphatic carbocycles. The molecule has 0 bridgehead atoms. The van der Waals surface area contributed by atoms with Crippen LogP contribution in [0.2, 0.25) is 0 Å². The van der Waals surface area contributed by atoms with E-state index in [-0.39, 0.29) is 11.8 Å². The Labute approximate surface area is 335 Å². The lowest BCUT2D eigenvalue weighted by atomic mass is 9.78. The molecule has 0 saturated heterocycles. The number of furan rings is 2. The van der Waals surface area contributed by atoms with Gasteiger partial charge >= 0.3 is 0 Å². The Morgan fingerprint density at radius 2 is 1.29 bits per heavy atom. The van der Waals surface area contributed by atoms with Gasteiger partial charge in [0.05, 0.1) is 11.6 Å². The highest BCUT2D eigenvalue weighted by Crippen LogP contribution is 2.57. The average Bonchev–Trinajstić information content (AvgIpc) is 3.98. The molecule has 58 heavy (non-hydrogen) atoms. The molecule has 4 nitrogen and oxygen atoms in total. The molecule has 0 amide bonds. The number of nitrogens with zero attached hydrogens (tertiary/aromatic N) is 1. The Morgan fingerprint density at radius 1 is 0.569 bits per heavy atom. The van der Waals surface area contributed by atoms with Crippen LogP contribution in [0.3, 0.4) is 0 Å². The quantitative estimate of drug-likeness (QED) is 0.170. The maximum Gasteiger partial charge on any atom is 0.159 e. The molecule has 0 spiro atoms. The third kappa shape index (κ3) is 5.15. The van der Waals surface area contributed by atoms with Gasteiger partial charge in [-0.2, -0.15) is 0 Å². The third-order valence-electron chi connectivity index (χ3n) is 12.2. The van der Waals surface area contributed by atoms with Crippen molar-refractivity contribution in [1.82, 2.24) is 0 Å². The maximum absolute atomic E-state index is 6.91. The third-order valence-corrected chi connectivity index (χ3v) is 12.2. The second-order valence-electron chi connectivity index (χ2n) is 15.5. The first-order valence-corrected chi connectivity index (χ1v) is 20.1. The summed E-state index contributed by atoms with van der Waals surface area (Å²) in [7, 11) is 0. The number of fused-ring (bicyclic) bond motifs is 9. The molecule has 3 heterocycles. The summed E-state index contributed by atoms with van der Waals surface area (Å²) in [5.41, 5.74) is 13.8. The minimum absolute atomic E-state index is 0.00260. The van der Waals surface area contributed by atoms with E-state index in [1.807, 2.05) is 24.3 Å². The molecular formula is C54H37NO3. The van der Waals surface area contributed by atoms with Crippen LogP contribution in [-0.2, 0) is 0 Å². The monoisotopic (exact) mass is 747 g/mol. The number of hydrogen-bond donors (Lipinski definition) is 0. The zero-order chi connectivity index (χ0) is 38.2. The van der Waals surface area contributed by atoms with Gasteiger partial charge in [-0.3, -0.25) is 0 Å². The fourth-order valence-corrected chi connectivity index (χ4v) is 9.49. The number of rotatable bonds is 6. The Bertz CT molecular complexity index is 3190. The molecule has 3 aliphatic rings. The number of allylic oxidation sites excluding steroid dienone is 8. The lowest BCUT2D eigenvalue weighted by Crippen LogP contribution is -2.13. The van der Waals surface area contributed by atoms with Crippen LogP contribution < -0.4 is 9.64 Å². The normalized spacial score (nSPS) is 17.0. The minimum atomic E-state index is 0.00260. The first-order valence-electron chi connectivity index (χ1n) is 20.1. The van der Waals surface area contributed by atoms with E-state index in [0.717, 1.165) is 102 Å². The van der Waals surface area contributed by atoms with Crippen LogP contribution in [0, 0.1) is 0 Å². The molecule has 2 unspecified atom stereocenters. The Morgan fingerprint density at radius 3 is 2.09 bits per heavy atom. The van der Waals surface area contributed by atoms with Crippen molar-refractivity contribution in [3.63, 3.8) is 0 Å². The van der Waals surface area contributed by atoms with Gasteiger partial charge in [0.2, 0.25) is 0 Å². The number of hydrogen-bond acceptors (Lipinski definition) is 4. The highest BCUT2D eigenvalue weighted by Gasteiger charge is 2.40. The van der Waals surface area contributed by atoms with Crippen LogP contribution in [-0.4, -0.2) is 0 Å². The smallest absolute Gasteiger partial charge is 0.159 e. The van der Waals surface area contributed by atoms with E-state index in [2.05, 4.69) is 169 Å². The first kappa shape index (κ1) is 32.9. The molecule has 2 atom stereocenters. The van der Waals surface area contributed by atoms with Crippen LogP contribution >= 0.6 is 0 Å². The zero-order valence-electron chi connectivity index (χ0n) is 31.6. The van der Waals surface area contributed by atoms with Gasteiger partial charge in [-0.1, -0.05) is 134 Å². The standard InChI is InChI=1S/C54H37NO3/c1-3-13-34(14-4-1)35-25-29-38(30-26-35)55(45-21-11-20-42-41-17-7-9-22-46(41)57-53(42)45)39-31-27-36(28-32-39)40-19-12-24-48-51(40)44-33-49-52(43-18-8-10-23-47(43)56-49)50(54(44)58-48)37-15-5-2-6-16-37/h1-3,5-13,15-33,40,51H,4,14H2. The predicted octanol–water partition coefficient (Wildman–Crippen LogP) is 15.1. The highest BCUT2D eigenvalue weighted by molar-refractivity contribution is 6.15. The van der Waals surface area contributed by atoms with E-state index in [1.165, 1.54) is 16.7 Å². The van der Waals surface area contributed by atoms with Gasteiger partial charge in [0.25, 0.3) is 0 Å². The Kier molecular flexibility index (Phi) is 7.45. The van der Waals surface area contributed by atoms with E-state index in [4.69, 9.17) is 13.6 Å². The van der Waals surface area contributed by atoms with E-state index in [1.54, 1.807) is 0 Å². The molecule has 0 N–H and O–H groups in total. The molecule has 2 aromatic heterocycles. The van der Waals surface area contributed by atoms with Crippen molar-refractivity contribution in [2.24, 2.45) is 0 Å². The van der Waals surface area contributed by atoms with Gasteiger partial charge in [0.1, 0.15) is 28.3 Å². The van der Waals surface area contributed by atoms with E-state index in [0.29, 0.717) is 0 Å². The van der Waals surface area contributed by atoms with Crippen LogP contribution in [0.1, 0.15) is 41.4 Å². The topological polar surface area (TPSA) is 38.8 Å². The second-order valence-corrected chi connectivity index (χ2v) is 15.5. The Hall–Kier alpha value is -7.30. The van der Waals surface area contributed by atoms with Crippen LogP contribution in [0.15, 0.2) is 203 Å². The summed E-state index contributed by atoms with van der Waals surface area (Å²) >= 11 is 0. The van der Waals surface area contributed by atoms with Gasteiger partial charge in [-0.05, 0) is 89.7 Å². The van der Waals surface area contributed by atoms with Crippen molar-refractivity contribution >= 4 is 66.5 Å². The fraction of sp³-hybridized carbons (Fsp3) is 0.0741. The van der Waals surface area contributed by atoms with Crippen LogP contribution in [0.4, 0.5) is 17.1 Å².